The lowest BCUT2D eigenvalue weighted by atomic mass is 9.95. The summed E-state index contributed by atoms with van der Waals surface area (Å²) >= 11 is 7.37. The third kappa shape index (κ3) is 4.10. The van der Waals surface area contributed by atoms with Crippen LogP contribution in [-0.2, 0) is 17.1 Å². The molecular weight excluding hydrogens is 444 g/mol. The average molecular weight is 461 g/mol. The Morgan fingerprint density at radius 1 is 1.13 bits per heavy atom. The van der Waals surface area contributed by atoms with Crippen LogP contribution in [0.25, 0.3) is 11.3 Å². The molecule has 0 aliphatic heterocycles. The molecule has 0 aliphatic carbocycles. The van der Waals surface area contributed by atoms with Gasteiger partial charge in [-0.25, -0.2) is 13.4 Å². The molecule has 154 valence electrons. The minimum absolute atomic E-state index is 0.0802. The topological polar surface area (TPSA) is 97.1 Å². The molecule has 1 unspecified atom stereocenters. The van der Waals surface area contributed by atoms with Crippen LogP contribution < -0.4 is 4.72 Å². The van der Waals surface area contributed by atoms with Crippen LogP contribution >= 0.6 is 22.9 Å². The van der Waals surface area contributed by atoms with Gasteiger partial charge in [-0.05, 0) is 41.5 Å². The molecule has 0 aliphatic rings. The van der Waals surface area contributed by atoms with E-state index in [0.29, 0.717) is 21.3 Å². The van der Waals surface area contributed by atoms with E-state index in [4.69, 9.17) is 11.6 Å². The molecule has 0 bridgehead atoms. The van der Waals surface area contributed by atoms with Crippen molar-refractivity contribution in [3.05, 3.63) is 82.5 Å². The Kier molecular flexibility index (Phi) is 5.61. The van der Waals surface area contributed by atoms with Crippen LogP contribution in [0.3, 0.4) is 0 Å². The Morgan fingerprint density at radius 3 is 2.53 bits per heavy atom. The fraction of sp³-hybridized carbons (Fsp3) is 0.100. The summed E-state index contributed by atoms with van der Waals surface area (Å²) in [6.45, 7) is 0. The molecule has 4 aromatic rings. The number of nitrogens with one attached hydrogen (secondary N) is 1. The Bertz CT molecular complexity index is 1270. The molecule has 4 rings (SSSR count). The van der Waals surface area contributed by atoms with Crippen molar-refractivity contribution < 1.29 is 13.5 Å². The molecule has 10 heteroatoms. The van der Waals surface area contributed by atoms with Gasteiger partial charge in [-0.3, -0.25) is 9.40 Å². The summed E-state index contributed by atoms with van der Waals surface area (Å²) in [5.74, 6) is 0. The SMILES string of the molecule is Cn1nccc1-c1cc(Cl)ccc1C(O)c1ccc(S(=O)(=O)Nc2nccs2)cc1. The van der Waals surface area contributed by atoms with Crippen molar-refractivity contribution in [3.8, 4) is 11.3 Å². The van der Waals surface area contributed by atoms with Gasteiger partial charge in [-0.2, -0.15) is 5.10 Å². The number of aliphatic hydroxyl groups excluding tert-OH is 1. The van der Waals surface area contributed by atoms with E-state index in [0.717, 1.165) is 11.3 Å². The van der Waals surface area contributed by atoms with Crippen molar-refractivity contribution in [3.63, 3.8) is 0 Å². The van der Waals surface area contributed by atoms with Gasteiger partial charge in [0, 0.05) is 35.4 Å². The van der Waals surface area contributed by atoms with Crippen LogP contribution in [0.4, 0.5) is 5.13 Å². The first-order chi connectivity index (χ1) is 14.3. The normalized spacial score (nSPS) is 12.6. The summed E-state index contributed by atoms with van der Waals surface area (Å²) in [6, 6.07) is 13.1. The van der Waals surface area contributed by atoms with Gasteiger partial charge in [0.25, 0.3) is 10.0 Å². The van der Waals surface area contributed by atoms with Crippen molar-refractivity contribution in [2.75, 3.05) is 4.72 Å². The lowest BCUT2D eigenvalue weighted by molar-refractivity contribution is 0.221. The number of sulfonamides is 1. The highest BCUT2D eigenvalue weighted by molar-refractivity contribution is 7.93. The average Bonchev–Trinajstić information content (AvgIpc) is 3.38. The number of benzene rings is 2. The highest BCUT2D eigenvalue weighted by atomic mass is 35.5. The molecule has 0 spiro atoms. The summed E-state index contributed by atoms with van der Waals surface area (Å²) in [5.41, 5.74) is 2.74. The minimum Gasteiger partial charge on any atom is -0.384 e. The molecule has 0 saturated heterocycles. The zero-order chi connectivity index (χ0) is 21.3. The van der Waals surface area contributed by atoms with Crippen molar-refractivity contribution >= 4 is 38.1 Å². The minimum atomic E-state index is -3.76. The Hall–Kier alpha value is -2.72. The van der Waals surface area contributed by atoms with Crippen LogP contribution in [0.2, 0.25) is 5.02 Å². The smallest absolute Gasteiger partial charge is 0.263 e. The lowest BCUT2D eigenvalue weighted by Gasteiger charge is -2.17. The predicted octanol–water partition coefficient (Wildman–Crippen LogP) is 4.08. The van der Waals surface area contributed by atoms with E-state index in [1.54, 1.807) is 46.6 Å². The highest BCUT2D eigenvalue weighted by Crippen LogP contribution is 2.34. The van der Waals surface area contributed by atoms with Gasteiger partial charge in [0.2, 0.25) is 0 Å². The summed E-state index contributed by atoms with van der Waals surface area (Å²) in [4.78, 5) is 4.01. The molecule has 2 heterocycles. The maximum Gasteiger partial charge on any atom is 0.263 e. The Labute approximate surface area is 182 Å². The first-order valence-corrected chi connectivity index (χ1v) is 11.6. The third-order valence-electron chi connectivity index (χ3n) is 4.57. The van der Waals surface area contributed by atoms with Gasteiger partial charge in [-0.15, -0.1) is 11.3 Å². The maximum absolute atomic E-state index is 12.5. The van der Waals surface area contributed by atoms with Crippen LogP contribution in [0.1, 0.15) is 17.2 Å². The molecule has 2 aromatic heterocycles. The number of hydrogen-bond acceptors (Lipinski definition) is 6. The van der Waals surface area contributed by atoms with E-state index < -0.39 is 16.1 Å². The van der Waals surface area contributed by atoms with Crippen molar-refractivity contribution in [1.82, 2.24) is 14.8 Å². The van der Waals surface area contributed by atoms with Gasteiger partial charge in [-0.1, -0.05) is 29.8 Å². The molecule has 2 N–H and O–H groups in total. The molecule has 7 nitrogen and oxygen atoms in total. The van der Waals surface area contributed by atoms with Crippen molar-refractivity contribution in [2.45, 2.75) is 11.0 Å². The zero-order valence-electron chi connectivity index (χ0n) is 15.7. The van der Waals surface area contributed by atoms with Gasteiger partial charge < -0.3 is 5.11 Å². The number of hydrogen-bond donors (Lipinski definition) is 2. The second-order valence-corrected chi connectivity index (χ2v) is 9.50. The molecule has 0 amide bonds. The van der Waals surface area contributed by atoms with E-state index in [9.17, 15) is 13.5 Å². The highest BCUT2D eigenvalue weighted by Gasteiger charge is 2.20. The number of thiazole rings is 1. The number of anilines is 1. The number of aliphatic hydroxyl groups is 1. The Morgan fingerprint density at radius 2 is 1.90 bits per heavy atom. The number of halogens is 1. The summed E-state index contributed by atoms with van der Waals surface area (Å²) < 4.78 is 29.1. The second kappa shape index (κ2) is 8.19. The molecule has 30 heavy (non-hydrogen) atoms. The van der Waals surface area contributed by atoms with E-state index in [1.807, 2.05) is 13.1 Å². The maximum atomic E-state index is 12.5. The third-order valence-corrected chi connectivity index (χ3v) is 6.97. The van der Waals surface area contributed by atoms with E-state index in [1.165, 1.54) is 29.7 Å². The summed E-state index contributed by atoms with van der Waals surface area (Å²) in [6.07, 6.45) is 2.21. The molecule has 2 aromatic carbocycles. The molecule has 0 radical (unpaired) electrons. The van der Waals surface area contributed by atoms with E-state index >= 15 is 0 Å². The van der Waals surface area contributed by atoms with Gasteiger partial charge in [0.05, 0.1) is 10.6 Å². The van der Waals surface area contributed by atoms with E-state index in [-0.39, 0.29) is 4.90 Å². The van der Waals surface area contributed by atoms with Crippen LogP contribution in [0.15, 0.2) is 71.2 Å². The zero-order valence-corrected chi connectivity index (χ0v) is 18.1. The number of aryl methyl sites for hydroxylation is 1. The Balaban J connectivity index is 1.65. The van der Waals surface area contributed by atoms with Crippen molar-refractivity contribution in [2.24, 2.45) is 7.05 Å². The first kappa shape index (κ1) is 20.5. The van der Waals surface area contributed by atoms with Gasteiger partial charge in [0.15, 0.2) is 5.13 Å². The molecule has 0 fully saturated rings. The van der Waals surface area contributed by atoms with Crippen LogP contribution in [-0.4, -0.2) is 28.3 Å². The fourth-order valence-corrected chi connectivity index (χ4v) is 5.04. The van der Waals surface area contributed by atoms with Gasteiger partial charge >= 0.3 is 0 Å². The first-order valence-electron chi connectivity index (χ1n) is 8.83. The van der Waals surface area contributed by atoms with Crippen LogP contribution in [0.5, 0.6) is 0 Å². The standard InChI is InChI=1S/C20H17ClN4O3S2/c1-25-18(8-9-23-25)17-12-14(21)4-7-16(17)19(26)13-2-5-15(6-3-13)30(27,28)24-20-22-10-11-29-20/h2-12,19,26H,1H3,(H,22,24). The summed E-state index contributed by atoms with van der Waals surface area (Å²) in [5, 5.41) is 17.7. The number of aromatic nitrogens is 3. The fourth-order valence-electron chi connectivity index (χ4n) is 3.08. The van der Waals surface area contributed by atoms with Gasteiger partial charge in [0.1, 0.15) is 6.10 Å². The molecular formula is C20H17ClN4O3S2. The number of rotatable bonds is 6. The van der Waals surface area contributed by atoms with Crippen LogP contribution in [0, 0.1) is 0 Å². The van der Waals surface area contributed by atoms with E-state index in [2.05, 4.69) is 14.8 Å². The lowest BCUT2D eigenvalue weighted by Crippen LogP contribution is -2.13. The molecule has 0 saturated carbocycles. The predicted molar refractivity (Wildman–Crippen MR) is 117 cm³/mol. The largest absolute Gasteiger partial charge is 0.384 e. The summed E-state index contributed by atoms with van der Waals surface area (Å²) in [7, 11) is -1.95. The van der Waals surface area contributed by atoms with Crippen molar-refractivity contribution in [1.29, 1.82) is 0 Å². The quantitative estimate of drug-likeness (QED) is 0.452. The monoisotopic (exact) mass is 460 g/mol. The second-order valence-electron chi connectivity index (χ2n) is 6.49. The molecule has 1 atom stereocenters. The number of nitrogens with zero attached hydrogens (tertiary/aromatic N) is 3.